The van der Waals surface area contributed by atoms with Gasteiger partial charge in [-0.3, -0.25) is 0 Å². The summed E-state index contributed by atoms with van der Waals surface area (Å²) in [4.78, 5) is 4.66. The van der Waals surface area contributed by atoms with E-state index in [1.807, 2.05) is 0 Å². The lowest BCUT2D eigenvalue weighted by atomic mass is 10.2. The van der Waals surface area contributed by atoms with Gasteiger partial charge in [0.1, 0.15) is 5.82 Å². The quantitative estimate of drug-likeness (QED) is 0.778. The topological polar surface area (TPSA) is 29.9 Å². The van der Waals surface area contributed by atoms with Gasteiger partial charge in [0.25, 0.3) is 0 Å². The fraction of sp³-hybridized carbons (Fsp3) is 0.727. The summed E-state index contributed by atoms with van der Waals surface area (Å²) in [5.74, 6) is 1.24. The van der Waals surface area contributed by atoms with Crippen LogP contribution >= 0.6 is 0 Å². The van der Waals surface area contributed by atoms with E-state index in [9.17, 15) is 0 Å². The maximum Gasteiger partial charge on any atom is 0.126 e. The summed E-state index contributed by atoms with van der Waals surface area (Å²) in [6.45, 7) is 8.61. The Morgan fingerprint density at radius 3 is 2.86 bits per heavy atom. The molecule has 1 fully saturated rings. The first-order valence-corrected chi connectivity index (χ1v) is 5.51. The Hall–Kier alpha value is -0.830. The van der Waals surface area contributed by atoms with Gasteiger partial charge in [-0.15, -0.1) is 0 Å². The molecule has 1 saturated heterocycles. The van der Waals surface area contributed by atoms with Crippen LogP contribution in [0.1, 0.15) is 43.0 Å². The van der Waals surface area contributed by atoms with Gasteiger partial charge < -0.3 is 9.88 Å². The maximum absolute atomic E-state index is 4.66. The van der Waals surface area contributed by atoms with E-state index < -0.39 is 0 Å². The third-order valence-corrected chi connectivity index (χ3v) is 3.18. The summed E-state index contributed by atoms with van der Waals surface area (Å²) < 4.78 is 2.33. The van der Waals surface area contributed by atoms with Gasteiger partial charge in [-0.2, -0.15) is 0 Å². The van der Waals surface area contributed by atoms with Crippen molar-refractivity contribution in [3.05, 3.63) is 17.2 Å². The molecule has 1 N–H and O–H groups in total. The Balaban J connectivity index is 2.36. The molecule has 1 aromatic rings. The van der Waals surface area contributed by atoms with Gasteiger partial charge in [0.05, 0.1) is 11.7 Å². The molecule has 1 aromatic heterocycles. The van der Waals surface area contributed by atoms with Gasteiger partial charge in [0.2, 0.25) is 0 Å². The lowest BCUT2D eigenvalue weighted by Gasteiger charge is -2.12. The molecule has 0 aliphatic carbocycles. The number of nitrogens with one attached hydrogen (secondary N) is 1. The highest BCUT2D eigenvalue weighted by molar-refractivity contribution is 5.17. The number of aromatic nitrogens is 2. The van der Waals surface area contributed by atoms with Gasteiger partial charge in [0.15, 0.2) is 0 Å². The zero-order valence-corrected chi connectivity index (χ0v) is 9.30. The minimum Gasteiger partial charge on any atom is -0.331 e. The molecule has 0 amide bonds. The van der Waals surface area contributed by atoms with Crippen molar-refractivity contribution >= 4 is 0 Å². The van der Waals surface area contributed by atoms with Crippen LogP contribution < -0.4 is 5.32 Å². The van der Waals surface area contributed by atoms with E-state index in [-0.39, 0.29) is 0 Å². The van der Waals surface area contributed by atoms with Crippen LogP contribution in [-0.2, 0) is 6.54 Å². The summed E-state index contributed by atoms with van der Waals surface area (Å²) in [6.07, 6.45) is 2.51. The molecular weight excluding hydrogens is 174 g/mol. The molecular formula is C11H19N3. The highest BCUT2D eigenvalue weighted by Gasteiger charge is 2.22. The summed E-state index contributed by atoms with van der Waals surface area (Å²) in [7, 11) is 0. The Morgan fingerprint density at radius 1 is 1.50 bits per heavy atom. The second-order valence-electron chi connectivity index (χ2n) is 4.03. The SMILES string of the molecule is CCn1c(C2CCCN2)nc(C)c1C. The van der Waals surface area contributed by atoms with E-state index in [1.165, 1.54) is 30.1 Å². The number of hydrogen-bond donors (Lipinski definition) is 1. The molecule has 14 heavy (non-hydrogen) atoms. The molecule has 0 saturated carbocycles. The van der Waals surface area contributed by atoms with Crippen molar-refractivity contribution in [2.45, 2.75) is 46.2 Å². The molecule has 1 aliphatic heterocycles. The molecule has 0 bridgehead atoms. The second-order valence-corrected chi connectivity index (χ2v) is 4.03. The van der Waals surface area contributed by atoms with Crippen LogP contribution in [0.2, 0.25) is 0 Å². The summed E-state index contributed by atoms with van der Waals surface area (Å²) in [5.41, 5.74) is 2.49. The lowest BCUT2D eigenvalue weighted by Crippen LogP contribution is -2.18. The Bertz CT molecular complexity index is 322. The molecule has 0 spiro atoms. The van der Waals surface area contributed by atoms with Crippen LogP contribution in [0.25, 0.3) is 0 Å². The molecule has 0 aromatic carbocycles. The Morgan fingerprint density at radius 2 is 2.29 bits per heavy atom. The van der Waals surface area contributed by atoms with E-state index in [4.69, 9.17) is 0 Å². The van der Waals surface area contributed by atoms with Crippen molar-refractivity contribution < 1.29 is 0 Å². The van der Waals surface area contributed by atoms with Crippen molar-refractivity contribution in [2.24, 2.45) is 0 Å². The molecule has 3 heteroatoms. The Labute approximate surface area is 85.5 Å². The number of rotatable bonds is 2. The van der Waals surface area contributed by atoms with E-state index in [0.717, 1.165) is 13.1 Å². The van der Waals surface area contributed by atoms with Crippen LogP contribution in [0, 0.1) is 13.8 Å². The van der Waals surface area contributed by atoms with Gasteiger partial charge in [0, 0.05) is 12.2 Å². The van der Waals surface area contributed by atoms with Crippen LogP contribution in [0.3, 0.4) is 0 Å². The van der Waals surface area contributed by atoms with Gasteiger partial charge in [-0.05, 0) is 40.2 Å². The highest BCUT2D eigenvalue weighted by atomic mass is 15.1. The minimum absolute atomic E-state index is 0.488. The lowest BCUT2D eigenvalue weighted by molar-refractivity contribution is 0.553. The maximum atomic E-state index is 4.66. The number of nitrogens with zero attached hydrogens (tertiary/aromatic N) is 2. The smallest absolute Gasteiger partial charge is 0.126 e. The van der Waals surface area contributed by atoms with E-state index in [0.29, 0.717) is 6.04 Å². The zero-order chi connectivity index (χ0) is 10.1. The third-order valence-electron chi connectivity index (χ3n) is 3.18. The normalized spacial score (nSPS) is 21.8. The summed E-state index contributed by atoms with van der Waals surface area (Å²) >= 11 is 0. The van der Waals surface area contributed by atoms with Gasteiger partial charge in [-0.25, -0.2) is 4.98 Å². The van der Waals surface area contributed by atoms with Crippen molar-refractivity contribution in [1.82, 2.24) is 14.9 Å². The summed E-state index contributed by atoms with van der Waals surface area (Å²) in [5, 5.41) is 3.50. The number of aryl methyl sites for hydroxylation is 1. The molecule has 2 heterocycles. The zero-order valence-electron chi connectivity index (χ0n) is 9.30. The van der Waals surface area contributed by atoms with Crippen molar-refractivity contribution in [1.29, 1.82) is 0 Å². The van der Waals surface area contributed by atoms with Gasteiger partial charge in [-0.1, -0.05) is 0 Å². The average Bonchev–Trinajstić information content (AvgIpc) is 2.76. The van der Waals surface area contributed by atoms with E-state index in [2.05, 4.69) is 35.6 Å². The monoisotopic (exact) mass is 193 g/mol. The van der Waals surface area contributed by atoms with Gasteiger partial charge >= 0.3 is 0 Å². The number of hydrogen-bond acceptors (Lipinski definition) is 2. The van der Waals surface area contributed by atoms with Crippen molar-refractivity contribution in [2.75, 3.05) is 6.54 Å². The minimum atomic E-state index is 0.488. The first-order chi connectivity index (χ1) is 6.74. The van der Waals surface area contributed by atoms with Crippen LogP contribution in [0.4, 0.5) is 0 Å². The van der Waals surface area contributed by atoms with E-state index >= 15 is 0 Å². The molecule has 0 radical (unpaired) electrons. The molecule has 78 valence electrons. The Kier molecular flexibility index (Phi) is 2.59. The van der Waals surface area contributed by atoms with Crippen LogP contribution in [0.15, 0.2) is 0 Å². The summed E-state index contributed by atoms with van der Waals surface area (Å²) in [6, 6.07) is 0.488. The molecule has 1 aliphatic rings. The molecule has 1 atom stereocenters. The van der Waals surface area contributed by atoms with Crippen molar-refractivity contribution in [3.63, 3.8) is 0 Å². The van der Waals surface area contributed by atoms with Crippen LogP contribution in [0.5, 0.6) is 0 Å². The average molecular weight is 193 g/mol. The molecule has 3 nitrogen and oxygen atoms in total. The third kappa shape index (κ3) is 1.46. The standard InChI is InChI=1S/C11H19N3/c1-4-14-9(3)8(2)13-11(14)10-6-5-7-12-10/h10,12H,4-7H2,1-3H3. The largest absolute Gasteiger partial charge is 0.331 e. The molecule has 1 unspecified atom stereocenters. The first-order valence-electron chi connectivity index (χ1n) is 5.51. The highest BCUT2D eigenvalue weighted by Crippen LogP contribution is 2.24. The predicted octanol–water partition coefficient (Wildman–Crippen LogP) is 1.94. The fourth-order valence-electron chi connectivity index (χ4n) is 2.25. The fourth-order valence-corrected chi connectivity index (χ4v) is 2.25. The van der Waals surface area contributed by atoms with Crippen molar-refractivity contribution in [3.8, 4) is 0 Å². The molecule has 2 rings (SSSR count). The first kappa shape index (κ1) is 9.71. The second kappa shape index (κ2) is 3.73. The van der Waals surface area contributed by atoms with Crippen LogP contribution in [-0.4, -0.2) is 16.1 Å². The predicted molar refractivity (Wildman–Crippen MR) is 57.4 cm³/mol. The van der Waals surface area contributed by atoms with E-state index in [1.54, 1.807) is 0 Å². The number of imidazole rings is 1.